The lowest BCUT2D eigenvalue weighted by molar-refractivity contribution is -0.123. The van der Waals surface area contributed by atoms with E-state index in [1.807, 2.05) is 4.90 Å². The third-order valence-corrected chi connectivity index (χ3v) is 4.11. The van der Waals surface area contributed by atoms with Gasteiger partial charge in [0.05, 0.1) is 0 Å². The number of hydrogen-bond donors (Lipinski definition) is 1. The van der Waals surface area contributed by atoms with Crippen molar-refractivity contribution in [1.82, 2.24) is 5.32 Å². The number of nitrogens with one attached hydrogen (secondary N) is 1. The fraction of sp³-hybridized carbons (Fsp3) is 0.533. The SMILES string of the molecule is Cl.O=C(C1CCNCC1)N1CCCc2cc(F)ccc21. The quantitative estimate of drug-likeness (QED) is 0.864. The average Bonchev–Trinajstić information content (AvgIpc) is 2.46. The number of nitrogens with zero attached hydrogens (tertiary/aromatic N) is 1. The number of benzene rings is 1. The topological polar surface area (TPSA) is 32.3 Å². The molecule has 1 fully saturated rings. The molecule has 3 rings (SSSR count). The third-order valence-electron chi connectivity index (χ3n) is 4.11. The Morgan fingerprint density at radius 2 is 2.05 bits per heavy atom. The van der Waals surface area contributed by atoms with E-state index in [9.17, 15) is 9.18 Å². The summed E-state index contributed by atoms with van der Waals surface area (Å²) in [5, 5.41) is 3.28. The lowest BCUT2D eigenvalue weighted by Gasteiger charge is -2.33. The van der Waals surface area contributed by atoms with Crippen molar-refractivity contribution in [3.05, 3.63) is 29.6 Å². The Labute approximate surface area is 124 Å². The van der Waals surface area contributed by atoms with Crippen LogP contribution in [0.25, 0.3) is 0 Å². The lowest BCUT2D eigenvalue weighted by Crippen LogP contribution is -2.43. The summed E-state index contributed by atoms with van der Waals surface area (Å²) in [5.41, 5.74) is 1.88. The van der Waals surface area contributed by atoms with E-state index in [-0.39, 0.29) is 30.0 Å². The summed E-state index contributed by atoms with van der Waals surface area (Å²) in [6.07, 6.45) is 3.61. The number of halogens is 2. The van der Waals surface area contributed by atoms with Gasteiger partial charge in [0.25, 0.3) is 0 Å². The van der Waals surface area contributed by atoms with E-state index < -0.39 is 0 Å². The zero-order valence-corrected chi connectivity index (χ0v) is 12.2. The van der Waals surface area contributed by atoms with Crippen LogP contribution in [-0.4, -0.2) is 25.5 Å². The van der Waals surface area contributed by atoms with E-state index in [0.29, 0.717) is 0 Å². The number of rotatable bonds is 1. The second-order valence-electron chi connectivity index (χ2n) is 5.39. The summed E-state index contributed by atoms with van der Waals surface area (Å²) in [7, 11) is 0. The van der Waals surface area contributed by atoms with E-state index in [0.717, 1.165) is 56.6 Å². The number of hydrogen-bond acceptors (Lipinski definition) is 2. The molecule has 20 heavy (non-hydrogen) atoms. The maximum absolute atomic E-state index is 13.3. The van der Waals surface area contributed by atoms with Gasteiger partial charge in [-0.3, -0.25) is 4.79 Å². The maximum Gasteiger partial charge on any atom is 0.230 e. The number of piperidine rings is 1. The molecule has 0 saturated carbocycles. The fourth-order valence-corrected chi connectivity index (χ4v) is 3.08. The predicted octanol–water partition coefficient (Wildman–Crippen LogP) is 2.53. The first kappa shape index (κ1) is 15.3. The molecule has 1 amide bonds. The molecule has 5 heteroatoms. The van der Waals surface area contributed by atoms with Crippen molar-refractivity contribution in [1.29, 1.82) is 0 Å². The molecule has 0 spiro atoms. The molecule has 0 atom stereocenters. The Kier molecular flexibility index (Phi) is 5.00. The maximum atomic E-state index is 13.3. The van der Waals surface area contributed by atoms with Crippen molar-refractivity contribution in [2.24, 2.45) is 5.92 Å². The Hall–Kier alpha value is -1.13. The van der Waals surface area contributed by atoms with Crippen molar-refractivity contribution in [2.45, 2.75) is 25.7 Å². The van der Waals surface area contributed by atoms with Crippen molar-refractivity contribution in [3.8, 4) is 0 Å². The fourth-order valence-electron chi connectivity index (χ4n) is 3.08. The van der Waals surface area contributed by atoms with Gasteiger partial charge in [-0.05, 0) is 62.5 Å². The van der Waals surface area contributed by atoms with Crippen molar-refractivity contribution < 1.29 is 9.18 Å². The van der Waals surface area contributed by atoms with Crippen LogP contribution < -0.4 is 10.2 Å². The van der Waals surface area contributed by atoms with E-state index >= 15 is 0 Å². The van der Waals surface area contributed by atoms with Crippen LogP contribution in [0.5, 0.6) is 0 Å². The minimum absolute atomic E-state index is 0. The highest BCUT2D eigenvalue weighted by molar-refractivity contribution is 5.96. The third kappa shape index (κ3) is 2.96. The first-order chi connectivity index (χ1) is 9.25. The molecule has 2 aliphatic rings. The van der Waals surface area contributed by atoms with Gasteiger partial charge in [-0.2, -0.15) is 0 Å². The Bertz CT molecular complexity index is 489. The molecule has 1 N–H and O–H groups in total. The van der Waals surface area contributed by atoms with Gasteiger partial charge >= 0.3 is 0 Å². The summed E-state index contributed by atoms with van der Waals surface area (Å²) in [5.74, 6) is 0.126. The Balaban J connectivity index is 0.00000147. The van der Waals surface area contributed by atoms with Gasteiger partial charge in [0.15, 0.2) is 0 Å². The van der Waals surface area contributed by atoms with Crippen LogP contribution in [0.4, 0.5) is 10.1 Å². The minimum Gasteiger partial charge on any atom is -0.317 e. The van der Waals surface area contributed by atoms with Crippen LogP contribution in [-0.2, 0) is 11.2 Å². The number of amides is 1. The summed E-state index contributed by atoms with van der Waals surface area (Å²) in [6, 6.07) is 4.77. The van der Waals surface area contributed by atoms with Gasteiger partial charge in [0.1, 0.15) is 5.82 Å². The molecule has 1 aromatic rings. The van der Waals surface area contributed by atoms with Gasteiger partial charge in [-0.1, -0.05) is 0 Å². The molecule has 0 unspecified atom stereocenters. The van der Waals surface area contributed by atoms with Crippen LogP contribution in [0.3, 0.4) is 0 Å². The van der Waals surface area contributed by atoms with Crippen LogP contribution in [0.2, 0.25) is 0 Å². The monoisotopic (exact) mass is 298 g/mol. The molecule has 0 aromatic heterocycles. The van der Waals surface area contributed by atoms with Gasteiger partial charge < -0.3 is 10.2 Å². The summed E-state index contributed by atoms with van der Waals surface area (Å²) >= 11 is 0. The predicted molar refractivity (Wildman–Crippen MR) is 79.9 cm³/mol. The van der Waals surface area contributed by atoms with E-state index in [2.05, 4.69) is 5.32 Å². The molecule has 110 valence electrons. The molecule has 2 aliphatic heterocycles. The molecule has 3 nitrogen and oxygen atoms in total. The Morgan fingerprint density at radius 3 is 2.80 bits per heavy atom. The normalized spacial score (nSPS) is 19.1. The summed E-state index contributed by atoms with van der Waals surface area (Å²) in [6.45, 7) is 2.60. The highest BCUT2D eigenvalue weighted by Crippen LogP contribution is 2.30. The molecule has 1 saturated heterocycles. The van der Waals surface area contributed by atoms with Crippen LogP contribution in [0, 0.1) is 11.7 Å². The van der Waals surface area contributed by atoms with Crippen LogP contribution in [0.15, 0.2) is 18.2 Å². The second kappa shape index (κ2) is 6.55. The Morgan fingerprint density at radius 1 is 1.30 bits per heavy atom. The van der Waals surface area contributed by atoms with Gasteiger partial charge in [-0.25, -0.2) is 4.39 Å². The van der Waals surface area contributed by atoms with E-state index in [1.54, 1.807) is 12.1 Å². The standard InChI is InChI=1S/C15H19FN2O.ClH/c16-13-3-4-14-12(10-13)2-1-9-18(14)15(19)11-5-7-17-8-6-11;/h3-4,10-11,17H,1-2,5-9H2;1H. The minimum atomic E-state index is -0.213. The number of carbonyl (C=O) groups is 1. The summed E-state index contributed by atoms with van der Waals surface area (Å²) < 4.78 is 13.3. The lowest BCUT2D eigenvalue weighted by atomic mass is 9.94. The molecule has 2 heterocycles. The zero-order chi connectivity index (χ0) is 13.2. The van der Waals surface area contributed by atoms with Crippen LogP contribution >= 0.6 is 12.4 Å². The molecular weight excluding hydrogens is 279 g/mol. The zero-order valence-electron chi connectivity index (χ0n) is 11.4. The first-order valence-electron chi connectivity index (χ1n) is 7.06. The van der Waals surface area contributed by atoms with Crippen molar-refractivity contribution >= 4 is 24.0 Å². The number of fused-ring (bicyclic) bond motifs is 1. The molecule has 0 bridgehead atoms. The molecule has 0 radical (unpaired) electrons. The van der Waals surface area contributed by atoms with Gasteiger partial charge in [0, 0.05) is 18.2 Å². The number of aryl methyl sites for hydroxylation is 1. The molecule has 1 aromatic carbocycles. The smallest absolute Gasteiger partial charge is 0.230 e. The van der Waals surface area contributed by atoms with Gasteiger partial charge in [-0.15, -0.1) is 12.4 Å². The first-order valence-corrected chi connectivity index (χ1v) is 7.06. The van der Waals surface area contributed by atoms with Crippen molar-refractivity contribution in [2.75, 3.05) is 24.5 Å². The highest BCUT2D eigenvalue weighted by Gasteiger charge is 2.29. The second-order valence-corrected chi connectivity index (χ2v) is 5.39. The van der Waals surface area contributed by atoms with Crippen molar-refractivity contribution in [3.63, 3.8) is 0 Å². The molecular formula is C15H20ClFN2O. The summed E-state index contributed by atoms with van der Waals surface area (Å²) in [4.78, 5) is 14.5. The van der Waals surface area contributed by atoms with Crippen LogP contribution in [0.1, 0.15) is 24.8 Å². The highest BCUT2D eigenvalue weighted by atomic mass is 35.5. The largest absolute Gasteiger partial charge is 0.317 e. The number of anilines is 1. The van der Waals surface area contributed by atoms with Gasteiger partial charge in [0.2, 0.25) is 5.91 Å². The molecule has 0 aliphatic carbocycles. The number of carbonyl (C=O) groups excluding carboxylic acids is 1. The van der Waals surface area contributed by atoms with E-state index in [4.69, 9.17) is 0 Å². The average molecular weight is 299 g/mol. The van der Waals surface area contributed by atoms with E-state index in [1.165, 1.54) is 6.07 Å².